The number of hydrogen-bond acceptors (Lipinski definition) is 4. The molecule has 0 spiro atoms. The van der Waals surface area contributed by atoms with Gasteiger partial charge in [0.05, 0.1) is 21.3 Å². The molecule has 0 bridgehead atoms. The number of benzene rings is 2. The molecule has 0 unspecified atom stereocenters. The molecule has 0 aliphatic carbocycles. The maximum atomic E-state index is 12.4. The Morgan fingerprint density at radius 3 is 2.08 bits per heavy atom. The molecule has 0 atom stereocenters. The highest BCUT2D eigenvalue weighted by Gasteiger charge is 2.14. The maximum Gasteiger partial charge on any atom is 0.248 e. The number of methoxy groups -OCH3 is 3. The zero-order valence-corrected chi connectivity index (χ0v) is 16.1. The molecular weight excluding hydrogens is 330 g/mol. The topological polar surface area (TPSA) is 56.8 Å². The summed E-state index contributed by atoms with van der Waals surface area (Å²) >= 11 is 0. The highest BCUT2D eigenvalue weighted by Crippen LogP contribution is 2.40. The van der Waals surface area contributed by atoms with E-state index in [1.54, 1.807) is 33.5 Å². The predicted molar refractivity (Wildman–Crippen MR) is 104 cm³/mol. The maximum absolute atomic E-state index is 12.4. The molecule has 0 radical (unpaired) electrons. The summed E-state index contributed by atoms with van der Waals surface area (Å²) in [6, 6.07) is 7.67. The molecule has 2 aromatic rings. The van der Waals surface area contributed by atoms with Crippen LogP contribution in [0.2, 0.25) is 0 Å². The molecule has 2 aromatic carbocycles. The molecular formula is C21H25NO4. The number of amides is 1. The summed E-state index contributed by atoms with van der Waals surface area (Å²) in [5, 5.41) is 2.94. The second-order valence-corrected chi connectivity index (χ2v) is 6.02. The number of carbonyl (C=O) groups excluding carboxylic acids is 1. The average molecular weight is 355 g/mol. The molecule has 1 N–H and O–H groups in total. The number of carbonyl (C=O) groups is 1. The first-order valence-corrected chi connectivity index (χ1v) is 8.27. The van der Waals surface area contributed by atoms with Crippen LogP contribution >= 0.6 is 0 Å². The Morgan fingerprint density at radius 1 is 0.923 bits per heavy atom. The van der Waals surface area contributed by atoms with Gasteiger partial charge in [-0.05, 0) is 50.1 Å². The van der Waals surface area contributed by atoms with Crippen LogP contribution in [0.4, 0.5) is 5.69 Å². The summed E-state index contributed by atoms with van der Waals surface area (Å²) in [5.41, 5.74) is 4.80. The number of ether oxygens (including phenoxy) is 3. The summed E-state index contributed by atoms with van der Waals surface area (Å²) in [5.74, 6) is 1.36. The van der Waals surface area contributed by atoms with E-state index in [-0.39, 0.29) is 5.91 Å². The quantitative estimate of drug-likeness (QED) is 0.786. The van der Waals surface area contributed by atoms with E-state index in [4.69, 9.17) is 14.2 Å². The number of anilines is 1. The zero-order chi connectivity index (χ0) is 19.3. The minimum atomic E-state index is -0.211. The molecule has 0 aliphatic heterocycles. The van der Waals surface area contributed by atoms with Crippen LogP contribution in [0.15, 0.2) is 30.3 Å². The Morgan fingerprint density at radius 2 is 1.54 bits per heavy atom. The Bertz CT molecular complexity index is 817. The van der Waals surface area contributed by atoms with Crippen molar-refractivity contribution in [3.63, 3.8) is 0 Å². The van der Waals surface area contributed by atoms with Crippen molar-refractivity contribution >= 4 is 17.7 Å². The fourth-order valence-corrected chi connectivity index (χ4v) is 2.96. The third kappa shape index (κ3) is 4.17. The van der Waals surface area contributed by atoms with Gasteiger partial charge in [-0.25, -0.2) is 0 Å². The van der Waals surface area contributed by atoms with Crippen LogP contribution in [-0.4, -0.2) is 27.2 Å². The van der Waals surface area contributed by atoms with E-state index in [0.29, 0.717) is 17.2 Å². The predicted octanol–water partition coefficient (Wildman–Crippen LogP) is 4.29. The lowest BCUT2D eigenvalue weighted by molar-refractivity contribution is -0.111. The van der Waals surface area contributed by atoms with Crippen LogP contribution in [0.1, 0.15) is 22.3 Å². The lowest BCUT2D eigenvalue weighted by Crippen LogP contribution is -2.10. The largest absolute Gasteiger partial charge is 0.493 e. The fourth-order valence-electron chi connectivity index (χ4n) is 2.96. The van der Waals surface area contributed by atoms with E-state index < -0.39 is 0 Å². The SMILES string of the molecule is COc1ccc(/C=C/C(=O)Nc2c(C)cc(C)cc2C)c(OC)c1OC. The summed E-state index contributed by atoms with van der Waals surface area (Å²) in [6.07, 6.45) is 3.16. The fraction of sp³-hybridized carbons (Fsp3) is 0.286. The summed E-state index contributed by atoms with van der Waals surface area (Å²) in [7, 11) is 4.66. The monoisotopic (exact) mass is 355 g/mol. The van der Waals surface area contributed by atoms with Gasteiger partial charge in [0.2, 0.25) is 11.7 Å². The first kappa shape index (κ1) is 19.4. The molecule has 0 heterocycles. The highest BCUT2D eigenvalue weighted by atomic mass is 16.5. The minimum absolute atomic E-state index is 0.211. The Kier molecular flexibility index (Phi) is 6.28. The Hall–Kier alpha value is -2.95. The van der Waals surface area contributed by atoms with Gasteiger partial charge in [-0.1, -0.05) is 17.7 Å². The summed E-state index contributed by atoms with van der Waals surface area (Å²) in [6.45, 7) is 6.00. The van der Waals surface area contributed by atoms with Crippen molar-refractivity contribution in [1.29, 1.82) is 0 Å². The van der Waals surface area contributed by atoms with Crippen LogP contribution in [0, 0.1) is 20.8 Å². The first-order valence-electron chi connectivity index (χ1n) is 8.27. The summed E-state index contributed by atoms with van der Waals surface area (Å²) in [4.78, 5) is 12.4. The van der Waals surface area contributed by atoms with Crippen molar-refractivity contribution in [2.75, 3.05) is 26.6 Å². The van der Waals surface area contributed by atoms with Gasteiger partial charge in [0, 0.05) is 17.3 Å². The molecule has 0 saturated heterocycles. The van der Waals surface area contributed by atoms with Crippen molar-refractivity contribution in [2.24, 2.45) is 0 Å². The molecule has 5 heteroatoms. The highest BCUT2D eigenvalue weighted by molar-refractivity contribution is 6.03. The second-order valence-electron chi connectivity index (χ2n) is 6.02. The number of hydrogen-bond donors (Lipinski definition) is 1. The molecule has 0 aromatic heterocycles. The van der Waals surface area contributed by atoms with Crippen molar-refractivity contribution in [2.45, 2.75) is 20.8 Å². The van der Waals surface area contributed by atoms with E-state index >= 15 is 0 Å². The second kappa shape index (κ2) is 8.43. The van der Waals surface area contributed by atoms with Gasteiger partial charge >= 0.3 is 0 Å². The average Bonchev–Trinajstić information content (AvgIpc) is 2.61. The van der Waals surface area contributed by atoms with Crippen LogP contribution < -0.4 is 19.5 Å². The van der Waals surface area contributed by atoms with Gasteiger partial charge in [-0.3, -0.25) is 4.79 Å². The molecule has 138 valence electrons. The molecule has 1 amide bonds. The molecule has 5 nitrogen and oxygen atoms in total. The number of rotatable bonds is 6. The van der Waals surface area contributed by atoms with Gasteiger partial charge in [-0.15, -0.1) is 0 Å². The van der Waals surface area contributed by atoms with Crippen LogP contribution in [0.25, 0.3) is 6.08 Å². The summed E-state index contributed by atoms with van der Waals surface area (Å²) < 4.78 is 16.0. The molecule has 0 aliphatic rings. The normalized spacial score (nSPS) is 10.7. The Labute approximate surface area is 154 Å². The van der Waals surface area contributed by atoms with Crippen molar-refractivity contribution in [1.82, 2.24) is 0 Å². The molecule has 0 saturated carbocycles. The number of aryl methyl sites for hydroxylation is 3. The van der Waals surface area contributed by atoms with Crippen molar-refractivity contribution in [3.05, 3.63) is 52.6 Å². The van der Waals surface area contributed by atoms with Gasteiger partial charge in [-0.2, -0.15) is 0 Å². The lowest BCUT2D eigenvalue weighted by atomic mass is 10.1. The molecule has 2 rings (SSSR count). The van der Waals surface area contributed by atoms with Gasteiger partial charge in [0.15, 0.2) is 11.5 Å². The minimum Gasteiger partial charge on any atom is -0.493 e. The van der Waals surface area contributed by atoms with Crippen LogP contribution in [0.3, 0.4) is 0 Å². The van der Waals surface area contributed by atoms with E-state index in [9.17, 15) is 4.79 Å². The lowest BCUT2D eigenvalue weighted by Gasteiger charge is -2.14. The smallest absolute Gasteiger partial charge is 0.248 e. The van der Waals surface area contributed by atoms with E-state index in [2.05, 4.69) is 5.32 Å². The standard InChI is InChI=1S/C21H25NO4/c1-13-11-14(2)19(15(3)12-13)22-18(23)10-8-16-7-9-17(24-4)21(26-6)20(16)25-5/h7-12H,1-6H3,(H,22,23)/b10-8+. The third-order valence-corrected chi connectivity index (χ3v) is 4.07. The van der Waals surface area contributed by atoms with Crippen LogP contribution in [-0.2, 0) is 4.79 Å². The molecule has 26 heavy (non-hydrogen) atoms. The van der Waals surface area contributed by atoms with Crippen LogP contribution in [0.5, 0.6) is 17.2 Å². The zero-order valence-electron chi connectivity index (χ0n) is 16.1. The van der Waals surface area contributed by atoms with E-state index in [1.165, 1.54) is 11.6 Å². The van der Waals surface area contributed by atoms with Crippen molar-refractivity contribution in [3.8, 4) is 17.2 Å². The first-order chi connectivity index (χ1) is 12.4. The van der Waals surface area contributed by atoms with Gasteiger partial charge < -0.3 is 19.5 Å². The van der Waals surface area contributed by atoms with E-state index in [1.807, 2.05) is 39.0 Å². The Balaban J connectivity index is 2.26. The number of nitrogens with one attached hydrogen (secondary N) is 1. The van der Waals surface area contributed by atoms with Gasteiger partial charge in [0.1, 0.15) is 0 Å². The van der Waals surface area contributed by atoms with Crippen molar-refractivity contribution < 1.29 is 19.0 Å². The van der Waals surface area contributed by atoms with E-state index in [0.717, 1.165) is 22.4 Å². The molecule has 0 fully saturated rings. The van der Waals surface area contributed by atoms with Gasteiger partial charge in [0.25, 0.3) is 0 Å². The third-order valence-electron chi connectivity index (χ3n) is 4.07.